The highest BCUT2D eigenvalue weighted by Gasteiger charge is 2.10. The standard InChI is InChI=1S/C8H7N3O2/c12-7(5-2-1-3-9-5)6-4-10-8(13)11-6/h1-4,9H,(H2,10,11,13). The summed E-state index contributed by atoms with van der Waals surface area (Å²) >= 11 is 0. The van der Waals surface area contributed by atoms with Crippen LogP contribution in [0.5, 0.6) is 0 Å². The molecule has 5 nitrogen and oxygen atoms in total. The molecule has 0 amide bonds. The molecule has 5 heteroatoms. The number of imidazole rings is 1. The van der Waals surface area contributed by atoms with Crippen LogP contribution in [0.4, 0.5) is 0 Å². The summed E-state index contributed by atoms with van der Waals surface area (Å²) in [5.74, 6) is -0.233. The van der Waals surface area contributed by atoms with E-state index in [4.69, 9.17) is 0 Å². The van der Waals surface area contributed by atoms with Gasteiger partial charge in [0.25, 0.3) is 0 Å². The summed E-state index contributed by atoms with van der Waals surface area (Å²) in [6.45, 7) is 0. The minimum absolute atomic E-state index is 0.233. The van der Waals surface area contributed by atoms with Crippen LogP contribution in [0.3, 0.4) is 0 Å². The van der Waals surface area contributed by atoms with Gasteiger partial charge in [0.2, 0.25) is 5.78 Å². The summed E-state index contributed by atoms with van der Waals surface area (Å²) in [6.07, 6.45) is 3.00. The highest BCUT2D eigenvalue weighted by Crippen LogP contribution is 2.01. The van der Waals surface area contributed by atoms with E-state index >= 15 is 0 Å². The zero-order valence-corrected chi connectivity index (χ0v) is 6.63. The second-order valence-corrected chi connectivity index (χ2v) is 2.57. The molecule has 13 heavy (non-hydrogen) atoms. The lowest BCUT2D eigenvalue weighted by atomic mass is 10.2. The average Bonchev–Trinajstić information content (AvgIpc) is 2.72. The highest BCUT2D eigenvalue weighted by molar-refractivity contribution is 6.06. The van der Waals surface area contributed by atoms with Gasteiger partial charge < -0.3 is 15.0 Å². The second-order valence-electron chi connectivity index (χ2n) is 2.57. The molecule has 2 rings (SSSR count). The number of ketones is 1. The number of rotatable bonds is 2. The third kappa shape index (κ3) is 1.31. The van der Waals surface area contributed by atoms with E-state index in [-0.39, 0.29) is 17.2 Å². The van der Waals surface area contributed by atoms with Gasteiger partial charge in [-0.05, 0) is 12.1 Å². The zero-order valence-electron chi connectivity index (χ0n) is 6.63. The van der Waals surface area contributed by atoms with Crippen LogP contribution in [0, 0.1) is 0 Å². The SMILES string of the molecule is O=C(c1ccc[nH]1)c1c[nH]c(=O)[nH]1. The van der Waals surface area contributed by atoms with E-state index in [0.29, 0.717) is 5.69 Å². The van der Waals surface area contributed by atoms with Crippen LogP contribution < -0.4 is 5.69 Å². The molecular weight excluding hydrogens is 170 g/mol. The van der Waals surface area contributed by atoms with Gasteiger partial charge in [0.1, 0.15) is 5.69 Å². The van der Waals surface area contributed by atoms with Gasteiger partial charge >= 0.3 is 5.69 Å². The van der Waals surface area contributed by atoms with Gasteiger partial charge in [-0.3, -0.25) is 4.79 Å². The first kappa shape index (κ1) is 7.60. The molecule has 0 fully saturated rings. The molecule has 0 atom stereocenters. The van der Waals surface area contributed by atoms with E-state index < -0.39 is 0 Å². The lowest BCUT2D eigenvalue weighted by molar-refractivity contribution is 0.103. The molecule has 0 aromatic carbocycles. The van der Waals surface area contributed by atoms with E-state index in [2.05, 4.69) is 15.0 Å². The Morgan fingerprint density at radius 1 is 1.23 bits per heavy atom. The number of carbonyl (C=O) groups excluding carboxylic acids is 1. The molecule has 0 saturated heterocycles. The second kappa shape index (κ2) is 2.78. The predicted octanol–water partition coefficient (Wildman–Crippen LogP) is 0.262. The normalized spacial score (nSPS) is 10.2. The number of hydrogen-bond donors (Lipinski definition) is 3. The van der Waals surface area contributed by atoms with Crippen molar-refractivity contribution in [2.24, 2.45) is 0 Å². The fraction of sp³-hybridized carbons (Fsp3) is 0. The van der Waals surface area contributed by atoms with Crippen LogP contribution in [0.15, 0.2) is 29.3 Å². The van der Waals surface area contributed by atoms with E-state index in [1.165, 1.54) is 6.20 Å². The number of hydrogen-bond acceptors (Lipinski definition) is 2. The van der Waals surface area contributed by atoms with E-state index in [1.807, 2.05) is 0 Å². The Morgan fingerprint density at radius 2 is 2.08 bits per heavy atom. The molecule has 3 N–H and O–H groups in total. The number of aromatic amines is 3. The van der Waals surface area contributed by atoms with E-state index in [0.717, 1.165) is 0 Å². The third-order valence-electron chi connectivity index (χ3n) is 1.68. The largest absolute Gasteiger partial charge is 0.358 e. The molecule has 2 aromatic rings. The Labute approximate surface area is 72.8 Å². The molecule has 2 aromatic heterocycles. The van der Waals surface area contributed by atoms with Gasteiger partial charge in [-0.25, -0.2) is 4.79 Å². The van der Waals surface area contributed by atoms with Gasteiger partial charge in [-0.1, -0.05) is 0 Å². The van der Waals surface area contributed by atoms with Crippen LogP contribution in [-0.4, -0.2) is 20.7 Å². The minimum atomic E-state index is -0.380. The van der Waals surface area contributed by atoms with Crippen molar-refractivity contribution in [3.05, 3.63) is 46.4 Å². The Hall–Kier alpha value is -2.04. The molecule has 0 spiro atoms. The Bertz CT molecular complexity index is 464. The van der Waals surface area contributed by atoms with Crippen molar-refractivity contribution in [2.45, 2.75) is 0 Å². The maximum Gasteiger partial charge on any atom is 0.323 e. The van der Waals surface area contributed by atoms with Crippen molar-refractivity contribution >= 4 is 5.78 Å². The third-order valence-corrected chi connectivity index (χ3v) is 1.68. The molecule has 66 valence electrons. The van der Waals surface area contributed by atoms with Gasteiger partial charge in [0, 0.05) is 12.4 Å². The number of carbonyl (C=O) groups is 1. The Balaban J connectivity index is 2.39. The number of H-pyrrole nitrogens is 3. The van der Waals surface area contributed by atoms with Gasteiger partial charge in [0.05, 0.1) is 5.69 Å². The lowest BCUT2D eigenvalue weighted by Gasteiger charge is -1.91. The zero-order chi connectivity index (χ0) is 9.26. The Kier molecular flexibility index (Phi) is 1.63. The van der Waals surface area contributed by atoms with E-state index in [1.54, 1.807) is 18.3 Å². The van der Waals surface area contributed by atoms with Gasteiger partial charge in [-0.2, -0.15) is 0 Å². The average molecular weight is 177 g/mol. The molecule has 0 unspecified atom stereocenters. The monoisotopic (exact) mass is 177 g/mol. The summed E-state index contributed by atoms with van der Waals surface area (Å²) in [5, 5.41) is 0. The molecule has 0 aliphatic carbocycles. The fourth-order valence-corrected chi connectivity index (χ4v) is 1.07. The molecule has 0 aliphatic rings. The summed E-state index contributed by atoms with van der Waals surface area (Å²) in [6, 6.07) is 3.37. The van der Waals surface area contributed by atoms with Crippen LogP contribution in [0.2, 0.25) is 0 Å². The minimum Gasteiger partial charge on any atom is -0.358 e. The Morgan fingerprint density at radius 3 is 2.62 bits per heavy atom. The quantitative estimate of drug-likeness (QED) is 0.575. The van der Waals surface area contributed by atoms with Gasteiger partial charge in [-0.15, -0.1) is 0 Å². The maximum atomic E-state index is 11.5. The summed E-state index contributed by atoms with van der Waals surface area (Å²) < 4.78 is 0. The molecule has 0 bridgehead atoms. The van der Waals surface area contributed by atoms with Crippen molar-refractivity contribution in [1.29, 1.82) is 0 Å². The molecule has 0 aliphatic heterocycles. The van der Waals surface area contributed by atoms with Crippen LogP contribution in [-0.2, 0) is 0 Å². The number of nitrogens with one attached hydrogen (secondary N) is 3. The maximum absolute atomic E-state index is 11.5. The first-order chi connectivity index (χ1) is 6.27. The van der Waals surface area contributed by atoms with Crippen molar-refractivity contribution in [1.82, 2.24) is 15.0 Å². The fourth-order valence-electron chi connectivity index (χ4n) is 1.07. The predicted molar refractivity (Wildman–Crippen MR) is 45.6 cm³/mol. The molecule has 0 radical (unpaired) electrons. The molecule has 0 saturated carbocycles. The van der Waals surface area contributed by atoms with Crippen molar-refractivity contribution < 1.29 is 4.79 Å². The summed E-state index contributed by atoms with van der Waals surface area (Å²) in [5.41, 5.74) is 0.331. The molecule has 2 heterocycles. The van der Waals surface area contributed by atoms with Crippen molar-refractivity contribution in [2.75, 3.05) is 0 Å². The highest BCUT2D eigenvalue weighted by atomic mass is 16.1. The van der Waals surface area contributed by atoms with Crippen LogP contribution >= 0.6 is 0 Å². The van der Waals surface area contributed by atoms with Crippen molar-refractivity contribution in [3.8, 4) is 0 Å². The smallest absolute Gasteiger partial charge is 0.323 e. The number of aromatic nitrogens is 3. The molecular formula is C8H7N3O2. The van der Waals surface area contributed by atoms with Crippen molar-refractivity contribution in [3.63, 3.8) is 0 Å². The lowest BCUT2D eigenvalue weighted by Crippen LogP contribution is -2.06. The first-order valence-corrected chi connectivity index (χ1v) is 3.73. The summed E-state index contributed by atoms with van der Waals surface area (Å²) in [7, 11) is 0. The van der Waals surface area contributed by atoms with Crippen LogP contribution in [0.1, 0.15) is 16.2 Å². The van der Waals surface area contributed by atoms with E-state index in [9.17, 15) is 9.59 Å². The summed E-state index contributed by atoms with van der Waals surface area (Å²) in [4.78, 5) is 29.7. The first-order valence-electron chi connectivity index (χ1n) is 3.73. The van der Waals surface area contributed by atoms with Crippen LogP contribution in [0.25, 0.3) is 0 Å². The topological polar surface area (TPSA) is 81.5 Å². The van der Waals surface area contributed by atoms with Gasteiger partial charge in [0.15, 0.2) is 0 Å².